The molecule has 0 bridgehead atoms. The number of para-hydroxylation sites is 1. The van der Waals surface area contributed by atoms with Crippen LogP contribution in [0.15, 0.2) is 48.5 Å². The van der Waals surface area contributed by atoms with E-state index in [9.17, 15) is 9.18 Å². The van der Waals surface area contributed by atoms with Crippen LogP contribution in [-0.4, -0.2) is 11.6 Å². The van der Waals surface area contributed by atoms with Gasteiger partial charge in [-0.15, -0.1) is 6.42 Å². The summed E-state index contributed by atoms with van der Waals surface area (Å²) in [6, 6.07) is 12.4. The number of ether oxygens (including phenoxy) is 2. The van der Waals surface area contributed by atoms with Crippen LogP contribution in [0.25, 0.3) is 0 Å². The van der Waals surface area contributed by atoms with Gasteiger partial charge in [-0.2, -0.15) is 0 Å². The molecule has 0 saturated heterocycles. The molecule has 0 heterocycles. The molecule has 0 spiro atoms. The highest BCUT2D eigenvalue weighted by Gasteiger charge is 2.20. The van der Waals surface area contributed by atoms with E-state index in [4.69, 9.17) is 15.9 Å². The first-order valence-electron chi connectivity index (χ1n) is 6.65. The summed E-state index contributed by atoms with van der Waals surface area (Å²) in [5, 5.41) is 0. The highest BCUT2D eigenvalue weighted by Crippen LogP contribution is 2.24. The fraction of sp³-hybridized carbons (Fsp3) is 0.167. The molecule has 2 rings (SSSR count). The standard InChI is InChI=1S/C18H15FO3/c1-4-18(2,3)22-16-12-13(10-11-15(16)19)17(20)21-14-8-6-5-7-9-14/h1,5-12H,2-3H3. The average molecular weight is 298 g/mol. The van der Waals surface area contributed by atoms with Gasteiger partial charge in [-0.3, -0.25) is 0 Å². The van der Waals surface area contributed by atoms with Crippen LogP contribution in [0.5, 0.6) is 11.5 Å². The van der Waals surface area contributed by atoms with Crippen LogP contribution in [-0.2, 0) is 0 Å². The van der Waals surface area contributed by atoms with Crippen LogP contribution in [0, 0.1) is 18.2 Å². The molecule has 4 heteroatoms. The molecular formula is C18H15FO3. The van der Waals surface area contributed by atoms with E-state index in [1.54, 1.807) is 38.1 Å². The Bertz CT molecular complexity index is 715. The van der Waals surface area contributed by atoms with Crippen molar-refractivity contribution in [3.05, 3.63) is 59.9 Å². The number of terminal acetylenes is 1. The molecule has 0 fully saturated rings. The van der Waals surface area contributed by atoms with Crippen molar-refractivity contribution in [2.75, 3.05) is 0 Å². The van der Waals surface area contributed by atoms with Gasteiger partial charge >= 0.3 is 5.97 Å². The van der Waals surface area contributed by atoms with Crippen molar-refractivity contribution in [2.45, 2.75) is 19.4 Å². The minimum atomic E-state index is -0.983. The van der Waals surface area contributed by atoms with Crippen molar-refractivity contribution in [3.63, 3.8) is 0 Å². The van der Waals surface area contributed by atoms with Gasteiger partial charge in [-0.05, 0) is 44.2 Å². The fourth-order valence-electron chi connectivity index (χ4n) is 1.67. The topological polar surface area (TPSA) is 35.5 Å². The molecule has 0 aliphatic rings. The van der Waals surface area contributed by atoms with Gasteiger partial charge in [-0.1, -0.05) is 24.1 Å². The molecule has 22 heavy (non-hydrogen) atoms. The summed E-state index contributed by atoms with van der Waals surface area (Å²) in [6.45, 7) is 3.25. The Morgan fingerprint density at radius 3 is 2.50 bits per heavy atom. The second-order valence-corrected chi connectivity index (χ2v) is 5.10. The van der Waals surface area contributed by atoms with Crippen LogP contribution in [0.1, 0.15) is 24.2 Å². The van der Waals surface area contributed by atoms with Crippen LogP contribution in [0.3, 0.4) is 0 Å². The Morgan fingerprint density at radius 1 is 1.18 bits per heavy atom. The molecule has 0 aromatic heterocycles. The molecular weight excluding hydrogens is 283 g/mol. The lowest BCUT2D eigenvalue weighted by molar-refractivity contribution is 0.0733. The number of hydrogen-bond acceptors (Lipinski definition) is 3. The van der Waals surface area contributed by atoms with Gasteiger partial charge in [0.1, 0.15) is 5.75 Å². The van der Waals surface area contributed by atoms with E-state index in [-0.39, 0.29) is 11.3 Å². The first-order chi connectivity index (χ1) is 10.4. The van der Waals surface area contributed by atoms with Gasteiger partial charge in [0.15, 0.2) is 17.2 Å². The van der Waals surface area contributed by atoms with E-state index in [2.05, 4.69) is 5.92 Å². The number of esters is 1. The number of carbonyl (C=O) groups excluding carboxylic acids is 1. The molecule has 0 N–H and O–H groups in total. The lowest BCUT2D eigenvalue weighted by Crippen LogP contribution is -2.26. The van der Waals surface area contributed by atoms with Crippen molar-refractivity contribution in [1.29, 1.82) is 0 Å². The molecule has 0 atom stereocenters. The number of benzene rings is 2. The number of rotatable bonds is 4. The monoisotopic (exact) mass is 298 g/mol. The van der Waals surface area contributed by atoms with E-state index < -0.39 is 17.4 Å². The average Bonchev–Trinajstić information content (AvgIpc) is 2.50. The largest absolute Gasteiger partial charge is 0.472 e. The predicted octanol–water partition coefficient (Wildman–Crippen LogP) is 3.84. The summed E-state index contributed by atoms with van der Waals surface area (Å²) in [5.74, 6) is 1.51. The highest BCUT2D eigenvalue weighted by atomic mass is 19.1. The quantitative estimate of drug-likeness (QED) is 0.489. The molecule has 0 amide bonds. The molecule has 2 aromatic carbocycles. The normalized spacial score (nSPS) is 10.6. The van der Waals surface area contributed by atoms with E-state index in [0.717, 1.165) is 6.07 Å². The van der Waals surface area contributed by atoms with Gasteiger partial charge in [0.05, 0.1) is 5.56 Å². The maximum atomic E-state index is 13.8. The molecule has 112 valence electrons. The first-order valence-corrected chi connectivity index (χ1v) is 6.65. The minimum absolute atomic E-state index is 0.0922. The lowest BCUT2D eigenvalue weighted by Gasteiger charge is -2.20. The maximum Gasteiger partial charge on any atom is 0.343 e. The zero-order valence-electron chi connectivity index (χ0n) is 12.3. The van der Waals surface area contributed by atoms with E-state index in [1.165, 1.54) is 12.1 Å². The van der Waals surface area contributed by atoms with Crippen molar-refractivity contribution < 1.29 is 18.7 Å². The summed E-state index contributed by atoms with van der Waals surface area (Å²) in [5.41, 5.74) is -0.809. The number of halogens is 1. The van der Waals surface area contributed by atoms with Crippen molar-refractivity contribution >= 4 is 5.97 Å². The fourth-order valence-corrected chi connectivity index (χ4v) is 1.67. The second-order valence-electron chi connectivity index (χ2n) is 5.10. The van der Waals surface area contributed by atoms with Crippen molar-refractivity contribution in [3.8, 4) is 23.8 Å². The molecule has 0 aliphatic carbocycles. The van der Waals surface area contributed by atoms with E-state index in [1.807, 2.05) is 6.07 Å². The number of carbonyl (C=O) groups is 1. The predicted molar refractivity (Wildman–Crippen MR) is 81.3 cm³/mol. The Labute approximate surface area is 128 Å². The SMILES string of the molecule is C#CC(C)(C)Oc1cc(C(=O)Oc2ccccc2)ccc1F. The van der Waals surface area contributed by atoms with Crippen molar-refractivity contribution in [2.24, 2.45) is 0 Å². The van der Waals surface area contributed by atoms with Gasteiger partial charge in [0, 0.05) is 0 Å². The molecule has 3 nitrogen and oxygen atoms in total. The second kappa shape index (κ2) is 6.31. The third kappa shape index (κ3) is 3.86. The number of hydrogen-bond donors (Lipinski definition) is 0. The van der Waals surface area contributed by atoms with Crippen LogP contribution >= 0.6 is 0 Å². The molecule has 0 unspecified atom stereocenters. The van der Waals surface area contributed by atoms with Gasteiger partial charge in [0.25, 0.3) is 0 Å². The van der Waals surface area contributed by atoms with Crippen LogP contribution in [0.4, 0.5) is 4.39 Å². The zero-order valence-corrected chi connectivity index (χ0v) is 12.3. The summed E-state index contributed by atoms with van der Waals surface area (Å²) >= 11 is 0. The Hall–Kier alpha value is -2.80. The lowest BCUT2D eigenvalue weighted by atomic mass is 10.1. The molecule has 0 aliphatic heterocycles. The van der Waals surface area contributed by atoms with Crippen molar-refractivity contribution in [1.82, 2.24) is 0 Å². The smallest absolute Gasteiger partial charge is 0.343 e. The molecule has 2 aromatic rings. The van der Waals surface area contributed by atoms with Crippen LogP contribution < -0.4 is 9.47 Å². The van der Waals surface area contributed by atoms with E-state index >= 15 is 0 Å². The third-order valence-corrected chi connectivity index (χ3v) is 2.83. The Morgan fingerprint density at radius 2 is 1.86 bits per heavy atom. The maximum absolute atomic E-state index is 13.8. The van der Waals surface area contributed by atoms with Gasteiger partial charge < -0.3 is 9.47 Å². The summed E-state index contributed by atoms with van der Waals surface area (Å²) < 4.78 is 24.4. The third-order valence-electron chi connectivity index (χ3n) is 2.83. The van der Waals surface area contributed by atoms with Gasteiger partial charge in [-0.25, -0.2) is 9.18 Å². The Balaban J connectivity index is 2.22. The summed E-state index contributed by atoms with van der Waals surface area (Å²) in [4.78, 5) is 12.1. The summed E-state index contributed by atoms with van der Waals surface area (Å²) in [6.07, 6.45) is 5.32. The van der Waals surface area contributed by atoms with Gasteiger partial charge in [0.2, 0.25) is 0 Å². The molecule has 0 saturated carbocycles. The minimum Gasteiger partial charge on any atom is -0.472 e. The van der Waals surface area contributed by atoms with Crippen LogP contribution in [0.2, 0.25) is 0 Å². The Kier molecular flexibility index (Phi) is 4.47. The molecule has 0 radical (unpaired) electrons. The highest BCUT2D eigenvalue weighted by molar-refractivity contribution is 5.91. The summed E-state index contributed by atoms with van der Waals surface area (Å²) in [7, 11) is 0. The first kappa shape index (κ1) is 15.6. The van der Waals surface area contributed by atoms with E-state index in [0.29, 0.717) is 5.75 Å². The zero-order chi connectivity index (χ0) is 16.2.